The minimum Gasteiger partial charge on any atom is -0.283 e. The molecular formula is C15H20F4O3S. The third-order valence-corrected chi connectivity index (χ3v) is 8.44. The Labute approximate surface area is 132 Å². The summed E-state index contributed by atoms with van der Waals surface area (Å²) in [7, 11) is -5.85. The van der Waals surface area contributed by atoms with E-state index in [1.165, 1.54) is 6.42 Å². The summed E-state index contributed by atoms with van der Waals surface area (Å²) in [5, 5.41) is -4.54. The fourth-order valence-corrected chi connectivity index (χ4v) is 7.36. The van der Waals surface area contributed by atoms with E-state index in [0.29, 0.717) is 36.0 Å². The van der Waals surface area contributed by atoms with Crippen molar-refractivity contribution in [1.29, 1.82) is 0 Å². The van der Waals surface area contributed by atoms with Crippen molar-refractivity contribution < 1.29 is 30.5 Å². The quantitative estimate of drug-likeness (QED) is 0.475. The second-order valence-corrected chi connectivity index (χ2v) is 9.65. The number of halogens is 4. The molecule has 0 spiro atoms. The first kappa shape index (κ1) is 16.1. The van der Waals surface area contributed by atoms with Crippen LogP contribution in [0.15, 0.2) is 0 Å². The fraction of sp³-hybridized carbons (Fsp3) is 1.00. The molecular weight excluding hydrogens is 336 g/mol. The molecule has 0 amide bonds. The molecule has 8 atom stereocenters. The van der Waals surface area contributed by atoms with Gasteiger partial charge in [0.15, 0.2) is 0 Å². The number of hydrogen-bond acceptors (Lipinski definition) is 2. The Bertz CT molecular complexity index is 619. The average molecular weight is 356 g/mol. The maximum Gasteiger partial charge on any atom is 0.439 e. The van der Waals surface area contributed by atoms with Gasteiger partial charge in [0.2, 0.25) is 0 Å². The molecule has 4 rings (SSSR count). The van der Waals surface area contributed by atoms with E-state index >= 15 is 0 Å². The van der Waals surface area contributed by atoms with Crippen molar-refractivity contribution >= 4 is 10.1 Å². The van der Waals surface area contributed by atoms with Crippen LogP contribution in [0.5, 0.6) is 0 Å². The molecule has 0 aromatic carbocycles. The van der Waals surface area contributed by atoms with Crippen LogP contribution in [0.4, 0.5) is 17.6 Å². The minimum atomic E-state index is -5.85. The number of fused-ring (bicyclic) bond motifs is 9. The molecule has 23 heavy (non-hydrogen) atoms. The molecule has 0 aliphatic heterocycles. The van der Waals surface area contributed by atoms with Crippen LogP contribution in [0.2, 0.25) is 0 Å². The van der Waals surface area contributed by atoms with Crippen LogP contribution in [-0.2, 0) is 10.1 Å². The normalized spacial score (nSPS) is 47.8. The van der Waals surface area contributed by atoms with Crippen molar-refractivity contribution in [2.75, 3.05) is 0 Å². The molecule has 8 heteroatoms. The van der Waals surface area contributed by atoms with Gasteiger partial charge in [0.1, 0.15) is 0 Å². The lowest BCUT2D eigenvalue weighted by atomic mass is 9.66. The van der Waals surface area contributed by atoms with Crippen molar-refractivity contribution in [3.63, 3.8) is 0 Å². The lowest BCUT2D eigenvalue weighted by Gasteiger charge is -2.40. The Morgan fingerprint density at radius 1 is 0.913 bits per heavy atom. The van der Waals surface area contributed by atoms with Gasteiger partial charge < -0.3 is 0 Å². The zero-order chi connectivity index (χ0) is 16.8. The molecule has 0 radical (unpaired) electrons. The second kappa shape index (κ2) is 4.62. The third kappa shape index (κ3) is 2.06. The van der Waals surface area contributed by atoms with Gasteiger partial charge in [-0.05, 0) is 73.5 Å². The lowest BCUT2D eigenvalue weighted by Crippen LogP contribution is -2.50. The van der Waals surface area contributed by atoms with Crippen LogP contribution in [0.1, 0.15) is 38.5 Å². The fourth-order valence-electron chi connectivity index (χ4n) is 6.64. The molecule has 4 bridgehead atoms. The van der Waals surface area contributed by atoms with Gasteiger partial charge in [0.25, 0.3) is 0 Å². The predicted octanol–water partition coefficient (Wildman–Crippen LogP) is 3.81. The Hall–Kier alpha value is -0.370. The van der Waals surface area contributed by atoms with Gasteiger partial charge in [-0.3, -0.25) is 4.55 Å². The highest BCUT2D eigenvalue weighted by Gasteiger charge is 2.69. The molecule has 4 aliphatic carbocycles. The Balaban J connectivity index is 1.59. The second-order valence-electron chi connectivity index (χ2n) is 8.05. The molecule has 4 aliphatic rings. The van der Waals surface area contributed by atoms with Gasteiger partial charge >= 0.3 is 21.3 Å². The molecule has 0 saturated heterocycles. The van der Waals surface area contributed by atoms with E-state index in [0.717, 1.165) is 19.3 Å². The maximum atomic E-state index is 14.4. The van der Waals surface area contributed by atoms with Gasteiger partial charge in [-0.2, -0.15) is 21.6 Å². The van der Waals surface area contributed by atoms with E-state index in [2.05, 4.69) is 0 Å². The maximum absolute atomic E-state index is 14.4. The molecule has 0 heterocycles. The van der Waals surface area contributed by atoms with Gasteiger partial charge in [-0.25, -0.2) is 4.39 Å². The van der Waals surface area contributed by atoms with Gasteiger partial charge in [0, 0.05) is 6.42 Å². The molecule has 1 N–H and O–H groups in total. The van der Waals surface area contributed by atoms with Crippen LogP contribution in [0.25, 0.3) is 0 Å². The lowest BCUT2D eigenvalue weighted by molar-refractivity contribution is -0.206. The van der Waals surface area contributed by atoms with Crippen molar-refractivity contribution in [3.8, 4) is 0 Å². The first-order chi connectivity index (χ1) is 10.5. The van der Waals surface area contributed by atoms with E-state index in [1.807, 2.05) is 0 Å². The summed E-state index contributed by atoms with van der Waals surface area (Å²) in [6.07, 6.45) is -2.08. The summed E-state index contributed by atoms with van der Waals surface area (Å²) in [6.45, 7) is 0. The SMILES string of the molecule is O=S(=O)(O)C(F)(CC1CC2CC1C1C3CCC(C3)C21)C(F)(F)F. The number of hydrogen-bond donors (Lipinski definition) is 1. The predicted molar refractivity (Wildman–Crippen MR) is 73.6 cm³/mol. The highest BCUT2D eigenvalue weighted by Crippen LogP contribution is 2.70. The largest absolute Gasteiger partial charge is 0.439 e. The van der Waals surface area contributed by atoms with Crippen LogP contribution >= 0.6 is 0 Å². The summed E-state index contributed by atoms with van der Waals surface area (Å²) in [6, 6.07) is 0. The van der Waals surface area contributed by atoms with E-state index in [4.69, 9.17) is 4.55 Å². The first-order valence-electron chi connectivity index (χ1n) is 8.25. The van der Waals surface area contributed by atoms with Crippen molar-refractivity contribution in [3.05, 3.63) is 0 Å². The van der Waals surface area contributed by atoms with Crippen LogP contribution in [0, 0.1) is 41.4 Å². The topological polar surface area (TPSA) is 54.4 Å². The summed E-state index contributed by atoms with van der Waals surface area (Å²) >= 11 is 0. The zero-order valence-electron chi connectivity index (χ0n) is 12.5. The molecule has 4 saturated carbocycles. The number of alkyl halides is 4. The Kier molecular flexibility index (Phi) is 3.24. The van der Waals surface area contributed by atoms with E-state index in [-0.39, 0.29) is 5.92 Å². The summed E-state index contributed by atoms with van der Waals surface area (Å²) in [5.41, 5.74) is 0. The standard InChI is InChI=1S/C15H20F4O3S/c16-14(15(17,18)19,23(20,21)22)6-10-4-9-5-11(10)13-8-2-1-7(3-8)12(9)13/h7-13H,1-6H2,(H,20,21,22). The molecule has 3 nitrogen and oxygen atoms in total. The smallest absolute Gasteiger partial charge is 0.283 e. The first-order valence-corrected chi connectivity index (χ1v) is 9.69. The minimum absolute atomic E-state index is 0.0143. The monoisotopic (exact) mass is 356 g/mol. The van der Waals surface area contributed by atoms with Gasteiger partial charge in [-0.1, -0.05) is 0 Å². The average Bonchev–Trinajstić information content (AvgIpc) is 3.14. The van der Waals surface area contributed by atoms with E-state index in [1.54, 1.807) is 0 Å². The zero-order valence-corrected chi connectivity index (χ0v) is 13.3. The van der Waals surface area contributed by atoms with Crippen molar-refractivity contribution in [2.45, 2.75) is 49.7 Å². The summed E-state index contributed by atoms with van der Waals surface area (Å²) in [5.74, 6) is 1.78. The molecule has 8 unspecified atom stereocenters. The highest BCUT2D eigenvalue weighted by molar-refractivity contribution is 7.87. The molecule has 0 aromatic heterocycles. The van der Waals surface area contributed by atoms with Crippen LogP contribution in [-0.4, -0.2) is 24.1 Å². The van der Waals surface area contributed by atoms with Crippen LogP contribution in [0.3, 0.4) is 0 Å². The van der Waals surface area contributed by atoms with Crippen molar-refractivity contribution in [1.82, 2.24) is 0 Å². The molecule has 0 aromatic rings. The number of rotatable bonds is 3. The molecule has 132 valence electrons. The Morgan fingerprint density at radius 2 is 1.52 bits per heavy atom. The van der Waals surface area contributed by atoms with Crippen molar-refractivity contribution in [2.24, 2.45) is 41.4 Å². The highest BCUT2D eigenvalue weighted by atomic mass is 32.2. The van der Waals surface area contributed by atoms with Gasteiger partial charge in [0.05, 0.1) is 0 Å². The van der Waals surface area contributed by atoms with E-state index < -0.39 is 33.6 Å². The molecule has 4 fully saturated rings. The Morgan fingerprint density at radius 3 is 2.09 bits per heavy atom. The van der Waals surface area contributed by atoms with Crippen LogP contribution < -0.4 is 0 Å². The van der Waals surface area contributed by atoms with E-state index in [9.17, 15) is 26.0 Å². The third-order valence-electron chi connectivity index (χ3n) is 7.23. The summed E-state index contributed by atoms with van der Waals surface area (Å²) in [4.78, 5) is 0. The van der Waals surface area contributed by atoms with Gasteiger partial charge in [-0.15, -0.1) is 0 Å². The summed E-state index contributed by atoms with van der Waals surface area (Å²) < 4.78 is 84.4.